The number of nitrogens with zero attached hydrogens (tertiary/aromatic N) is 4. The van der Waals surface area contributed by atoms with Crippen molar-refractivity contribution in [1.82, 2.24) is 25.3 Å². The molecule has 1 aromatic heterocycles. The highest BCUT2D eigenvalue weighted by Crippen LogP contribution is 2.42. The Hall–Kier alpha value is -1.56. The standard InChI is InChI=1S/C18H30N6/c1-19-18(22-14-5-6-14)20-12-13-4-3-11-24(15-7-8-15)17(13)16-9-10-21-23(16)2/h9-10,13-15,17H,3-8,11-12H2,1-2H3,(H2,19,20,22)/t13-,17+/m0/s1. The lowest BCUT2D eigenvalue weighted by Crippen LogP contribution is -2.47. The molecule has 2 N–H and O–H groups in total. The molecule has 1 aliphatic heterocycles. The number of aliphatic imine (C=N–C) groups is 1. The Morgan fingerprint density at radius 2 is 2.12 bits per heavy atom. The quantitative estimate of drug-likeness (QED) is 0.637. The highest BCUT2D eigenvalue weighted by atomic mass is 15.3. The molecule has 0 unspecified atom stereocenters. The van der Waals surface area contributed by atoms with Gasteiger partial charge in [0.25, 0.3) is 0 Å². The van der Waals surface area contributed by atoms with Crippen molar-refractivity contribution < 1.29 is 0 Å². The van der Waals surface area contributed by atoms with Gasteiger partial charge in [0, 0.05) is 38.9 Å². The van der Waals surface area contributed by atoms with E-state index >= 15 is 0 Å². The smallest absolute Gasteiger partial charge is 0.191 e. The topological polar surface area (TPSA) is 57.5 Å². The molecule has 24 heavy (non-hydrogen) atoms. The second kappa shape index (κ2) is 6.75. The Balaban J connectivity index is 1.47. The predicted octanol–water partition coefficient (Wildman–Crippen LogP) is 1.66. The lowest BCUT2D eigenvalue weighted by Gasteiger charge is -2.42. The van der Waals surface area contributed by atoms with Gasteiger partial charge in [0.05, 0.1) is 11.7 Å². The predicted molar refractivity (Wildman–Crippen MR) is 95.9 cm³/mol. The van der Waals surface area contributed by atoms with E-state index in [2.05, 4.69) is 43.4 Å². The van der Waals surface area contributed by atoms with Crippen LogP contribution in [0, 0.1) is 5.92 Å². The van der Waals surface area contributed by atoms with Gasteiger partial charge in [-0.1, -0.05) is 0 Å². The number of hydrogen-bond acceptors (Lipinski definition) is 3. The Kier molecular flexibility index (Phi) is 4.48. The SMILES string of the molecule is CN=C(NC[C@@H]1CCCN(C2CC2)[C@H]1c1ccnn1C)NC1CC1. The van der Waals surface area contributed by atoms with Crippen LogP contribution < -0.4 is 10.6 Å². The molecule has 3 aliphatic rings. The zero-order chi connectivity index (χ0) is 16.5. The number of aryl methyl sites for hydroxylation is 1. The van der Waals surface area contributed by atoms with Gasteiger partial charge in [-0.25, -0.2) is 0 Å². The number of likely N-dealkylation sites (tertiary alicyclic amines) is 1. The third kappa shape index (κ3) is 3.43. The zero-order valence-corrected chi connectivity index (χ0v) is 14.9. The van der Waals surface area contributed by atoms with Crippen LogP contribution in [0.25, 0.3) is 0 Å². The first-order valence-corrected chi connectivity index (χ1v) is 9.47. The van der Waals surface area contributed by atoms with Gasteiger partial charge in [0.15, 0.2) is 5.96 Å². The molecule has 4 rings (SSSR count). The highest BCUT2D eigenvalue weighted by Gasteiger charge is 2.41. The minimum atomic E-state index is 0.477. The van der Waals surface area contributed by atoms with Crippen LogP contribution in [0.2, 0.25) is 0 Å². The van der Waals surface area contributed by atoms with Crippen molar-refractivity contribution in [1.29, 1.82) is 0 Å². The summed E-state index contributed by atoms with van der Waals surface area (Å²) in [7, 11) is 3.95. The third-order valence-corrected chi connectivity index (χ3v) is 5.65. The maximum absolute atomic E-state index is 4.43. The van der Waals surface area contributed by atoms with Gasteiger partial charge in [-0.15, -0.1) is 0 Å². The van der Waals surface area contributed by atoms with E-state index < -0.39 is 0 Å². The minimum Gasteiger partial charge on any atom is -0.356 e. The Bertz CT molecular complexity index is 586. The molecule has 6 nitrogen and oxygen atoms in total. The first-order valence-electron chi connectivity index (χ1n) is 9.47. The maximum atomic E-state index is 4.43. The normalized spacial score (nSPS) is 28.8. The number of piperidine rings is 1. The van der Waals surface area contributed by atoms with Gasteiger partial charge >= 0.3 is 0 Å². The average molecular weight is 330 g/mol. The molecule has 3 fully saturated rings. The summed E-state index contributed by atoms with van der Waals surface area (Å²) in [5.41, 5.74) is 1.36. The van der Waals surface area contributed by atoms with Crippen LogP contribution in [0.15, 0.2) is 17.3 Å². The molecule has 0 bridgehead atoms. The van der Waals surface area contributed by atoms with E-state index in [4.69, 9.17) is 0 Å². The van der Waals surface area contributed by atoms with Crippen molar-refractivity contribution in [2.24, 2.45) is 18.0 Å². The molecule has 1 aromatic rings. The fraction of sp³-hybridized carbons (Fsp3) is 0.778. The lowest BCUT2D eigenvalue weighted by molar-refractivity contribution is 0.0800. The summed E-state index contributed by atoms with van der Waals surface area (Å²) in [5, 5.41) is 11.5. The first kappa shape index (κ1) is 15.9. The maximum Gasteiger partial charge on any atom is 0.191 e. The van der Waals surface area contributed by atoms with Crippen LogP contribution in [-0.2, 0) is 7.05 Å². The van der Waals surface area contributed by atoms with E-state index in [-0.39, 0.29) is 0 Å². The number of hydrogen-bond donors (Lipinski definition) is 2. The number of aromatic nitrogens is 2. The minimum absolute atomic E-state index is 0.477. The molecule has 0 radical (unpaired) electrons. The van der Waals surface area contributed by atoms with E-state index in [0.29, 0.717) is 18.0 Å². The summed E-state index contributed by atoms with van der Waals surface area (Å²) in [6, 6.07) is 4.11. The van der Waals surface area contributed by atoms with E-state index in [0.717, 1.165) is 18.5 Å². The van der Waals surface area contributed by atoms with Crippen LogP contribution in [0.5, 0.6) is 0 Å². The van der Waals surface area contributed by atoms with Crippen molar-refractivity contribution in [2.45, 2.75) is 56.7 Å². The molecule has 6 heteroatoms. The van der Waals surface area contributed by atoms with Crippen molar-refractivity contribution in [3.8, 4) is 0 Å². The van der Waals surface area contributed by atoms with Gasteiger partial charge in [-0.3, -0.25) is 14.6 Å². The second-order valence-electron chi connectivity index (χ2n) is 7.57. The molecular formula is C18H30N6. The summed E-state index contributed by atoms with van der Waals surface area (Å²) in [5.74, 6) is 1.57. The Morgan fingerprint density at radius 3 is 2.75 bits per heavy atom. The summed E-state index contributed by atoms with van der Waals surface area (Å²) in [6.45, 7) is 2.21. The molecule has 2 atom stereocenters. The lowest BCUT2D eigenvalue weighted by atomic mass is 9.86. The van der Waals surface area contributed by atoms with Gasteiger partial charge < -0.3 is 10.6 Å². The molecule has 132 valence electrons. The van der Waals surface area contributed by atoms with Crippen molar-refractivity contribution in [3.63, 3.8) is 0 Å². The highest BCUT2D eigenvalue weighted by molar-refractivity contribution is 5.80. The van der Waals surface area contributed by atoms with Gasteiger partial charge in [0.1, 0.15) is 0 Å². The number of guanidine groups is 1. The van der Waals surface area contributed by atoms with Crippen molar-refractivity contribution in [2.75, 3.05) is 20.1 Å². The summed E-state index contributed by atoms with van der Waals surface area (Å²) < 4.78 is 2.07. The monoisotopic (exact) mass is 330 g/mol. The van der Waals surface area contributed by atoms with Crippen LogP contribution in [0.4, 0.5) is 0 Å². The summed E-state index contributed by atoms with van der Waals surface area (Å²) in [6.07, 6.45) is 9.78. The second-order valence-corrected chi connectivity index (χ2v) is 7.57. The Morgan fingerprint density at radius 1 is 1.29 bits per heavy atom. The van der Waals surface area contributed by atoms with Crippen LogP contribution in [0.3, 0.4) is 0 Å². The fourth-order valence-corrected chi connectivity index (χ4v) is 4.06. The molecular weight excluding hydrogens is 300 g/mol. The summed E-state index contributed by atoms with van der Waals surface area (Å²) >= 11 is 0. The number of nitrogens with one attached hydrogen (secondary N) is 2. The van der Waals surface area contributed by atoms with E-state index in [9.17, 15) is 0 Å². The first-order chi connectivity index (χ1) is 11.8. The molecule has 2 aliphatic carbocycles. The van der Waals surface area contributed by atoms with Crippen molar-refractivity contribution in [3.05, 3.63) is 18.0 Å². The largest absolute Gasteiger partial charge is 0.356 e. The van der Waals surface area contributed by atoms with Gasteiger partial charge in [-0.2, -0.15) is 5.10 Å². The number of rotatable bonds is 5. The molecule has 0 amide bonds. The fourth-order valence-electron chi connectivity index (χ4n) is 4.06. The molecule has 0 aromatic carbocycles. The zero-order valence-electron chi connectivity index (χ0n) is 14.9. The van der Waals surface area contributed by atoms with Crippen LogP contribution in [0.1, 0.15) is 50.3 Å². The summed E-state index contributed by atoms with van der Waals surface area (Å²) in [4.78, 5) is 7.13. The van der Waals surface area contributed by atoms with E-state index in [1.54, 1.807) is 0 Å². The molecule has 1 saturated heterocycles. The van der Waals surface area contributed by atoms with Crippen LogP contribution in [-0.4, -0.2) is 52.9 Å². The van der Waals surface area contributed by atoms with Gasteiger partial charge in [-0.05, 0) is 57.1 Å². The third-order valence-electron chi connectivity index (χ3n) is 5.65. The van der Waals surface area contributed by atoms with Crippen LogP contribution >= 0.6 is 0 Å². The van der Waals surface area contributed by atoms with Gasteiger partial charge in [0.2, 0.25) is 0 Å². The average Bonchev–Trinajstić information content (AvgIpc) is 3.51. The molecule has 2 heterocycles. The van der Waals surface area contributed by atoms with E-state index in [1.807, 2.05) is 13.2 Å². The van der Waals surface area contributed by atoms with E-state index in [1.165, 1.54) is 50.8 Å². The molecule has 0 spiro atoms. The Labute approximate surface area is 144 Å². The molecule has 2 saturated carbocycles. The van der Waals surface area contributed by atoms with Crippen molar-refractivity contribution >= 4 is 5.96 Å².